The molecule has 168 valence electrons. The van der Waals surface area contributed by atoms with Gasteiger partial charge in [-0.2, -0.15) is 0 Å². The van der Waals surface area contributed by atoms with E-state index in [4.69, 9.17) is 16.7 Å². The molecule has 4 nitrogen and oxygen atoms in total. The van der Waals surface area contributed by atoms with Gasteiger partial charge in [-0.05, 0) is 62.7 Å². The van der Waals surface area contributed by atoms with Gasteiger partial charge in [0.15, 0.2) is 0 Å². The number of halogens is 2. The van der Waals surface area contributed by atoms with E-state index in [1.807, 2.05) is 12.2 Å². The molecule has 2 fully saturated rings. The number of carbonyl (C=O) groups is 1. The Morgan fingerprint density at radius 2 is 1.93 bits per heavy atom. The molecule has 0 aromatic carbocycles. The lowest BCUT2D eigenvalue weighted by Gasteiger charge is -2.45. The molecule has 0 saturated heterocycles. The molecule has 29 heavy (non-hydrogen) atoms. The average Bonchev–Trinajstić information content (AvgIpc) is 2.90. The van der Waals surface area contributed by atoms with Crippen LogP contribution >= 0.6 is 11.6 Å². The predicted octanol–water partition coefficient (Wildman–Crippen LogP) is 5.24. The second kappa shape index (κ2) is 12.3. The van der Waals surface area contributed by atoms with Gasteiger partial charge in [0, 0.05) is 17.7 Å². The summed E-state index contributed by atoms with van der Waals surface area (Å²) in [7, 11) is 0. The normalized spacial score (nSPS) is 29.8. The van der Waals surface area contributed by atoms with Crippen LogP contribution in [-0.4, -0.2) is 45.5 Å². The van der Waals surface area contributed by atoms with Gasteiger partial charge in [-0.25, -0.2) is 0 Å². The molecule has 0 spiro atoms. The minimum absolute atomic E-state index is 0.00639. The molecule has 0 radical (unpaired) electrons. The Morgan fingerprint density at radius 1 is 1.21 bits per heavy atom. The van der Waals surface area contributed by atoms with Gasteiger partial charge in [-0.1, -0.05) is 37.8 Å². The molecule has 5 atom stereocenters. The average molecular weight is 433 g/mol. The lowest BCUT2D eigenvalue weighted by atomic mass is 9.62. The summed E-state index contributed by atoms with van der Waals surface area (Å²) < 4.78 is 12.6. The predicted molar refractivity (Wildman–Crippen MR) is 114 cm³/mol. The summed E-state index contributed by atoms with van der Waals surface area (Å²) in [5, 5.41) is 29.7. The minimum atomic E-state index is -0.745. The van der Waals surface area contributed by atoms with E-state index in [0.717, 1.165) is 51.4 Å². The Kier molecular flexibility index (Phi) is 10.4. The fourth-order valence-corrected chi connectivity index (χ4v) is 5.63. The largest absolute Gasteiger partial charge is 0.481 e. The second-order valence-electron chi connectivity index (χ2n) is 9.09. The molecule has 0 amide bonds. The third kappa shape index (κ3) is 7.22. The molecule has 0 aliphatic heterocycles. The molecular weight excluding hydrogens is 395 g/mol. The van der Waals surface area contributed by atoms with Gasteiger partial charge < -0.3 is 15.3 Å². The first kappa shape index (κ1) is 24.6. The zero-order valence-corrected chi connectivity index (χ0v) is 18.2. The van der Waals surface area contributed by atoms with Crippen molar-refractivity contribution in [3.63, 3.8) is 0 Å². The zero-order valence-electron chi connectivity index (χ0n) is 17.4. The molecule has 2 rings (SSSR count). The molecule has 0 heterocycles. The number of alkyl halides is 2. The summed E-state index contributed by atoms with van der Waals surface area (Å²) in [6.45, 7) is -0.326. The van der Waals surface area contributed by atoms with Crippen LogP contribution in [0.3, 0.4) is 0 Å². The quantitative estimate of drug-likeness (QED) is 0.199. The standard InChI is InChI=1S/C23H38ClFO4/c24-19-16-20(26)18(17(19)8-3-1-2-4-11-22(28)29)9-5-10-21(27)23(12-6-13-23)14-7-15-25/h5,9,17-21,26-27H,1-4,6-8,10-16H2,(H,28,29)/b9-5+/t17-,18-,19-,20-,21?/m1/s1. The highest BCUT2D eigenvalue weighted by Gasteiger charge is 2.42. The topological polar surface area (TPSA) is 77.8 Å². The van der Waals surface area contributed by atoms with Crippen LogP contribution in [0, 0.1) is 17.3 Å². The maximum atomic E-state index is 12.6. The molecule has 3 N–H and O–H groups in total. The van der Waals surface area contributed by atoms with Crippen LogP contribution in [0.4, 0.5) is 4.39 Å². The Hall–Kier alpha value is -0.650. The molecular formula is C23H38ClFO4. The van der Waals surface area contributed by atoms with Crippen molar-refractivity contribution < 1.29 is 24.5 Å². The molecule has 0 bridgehead atoms. The van der Waals surface area contributed by atoms with E-state index in [-0.39, 0.29) is 35.7 Å². The first-order valence-corrected chi connectivity index (χ1v) is 11.8. The molecule has 2 saturated carbocycles. The van der Waals surface area contributed by atoms with Gasteiger partial charge in [-0.15, -0.1) is 11.6 Å². The summed E-state index contributed by atoms with van der Waals surface area (Å²) in [6, 6.07) is 0. The lowest BCUT2D eigenvalue weighted by molar-refractivity contribution is -0.137. The van der Waals surface area contributed by atoms with Gasteiger partial charge in [-0.3, -0.25) is 9.18 Å². The number of aliphatic carboxylic acids is 1. The first-order chi connectivity index (χ1) is 13.9. The van der Waals surface area contributed by atoms with E-state index in [0.29, 0.717) is 25.7 Å². The highest BCUT2D eigenvalue weighted by Crippen LogP contribution is 2.49. The van der Waals surface area contributed by atoms with Crippen LogP contribution in [0.5, 0.6) is 0 Å². The summed E-state index contributed by atoms with van der Waals surface area (Å²) in [5.41, 5.74) is -0.116. The molecule has 2 aliphatic carbocycles. The second-order valence-corrected chi connectivity index (χ2v) is 9.66. The van der Waals surface area contributed by atoms with E-state index in [1.165, 1.54) is 0 Å². The van der Waals surface area contributed by atoms with Gasteiger partial charge in [0.1, 0.15) is 0 Å². The summed E-state index contributed by atoms with van der Waals surface area (Å²) in [5.74, 6) is -0.527. The number of hydrogen-bond acceptors (Lipinski definition) is 3. The fourth-order valence-electron chi connectivity index (χ4n) is 5.16. The SMILES string of the molecule is O=C(O)CCCCCC[C@@H]1[C@@H](/C=C/CC(O)C2(CCCF)CCC2)[C@H](O)C[C@H]1Cl. The number of rotatable bonds is 14. The number of aliphatic hydroxyl groups is 2. The minimum Gasteiger partial charge on any atom is -0.481 e. The fraction of sp³-hybridized carbons (Fsp3) is 0.870. The van der Waals surface area contributed by atoms with Crippen LogP contribution in [0.1, 0.15) is 83.5 Å². The van der Waals surface area contributed by atoms with Crippen molar-refractivity contribution in [2.75, 3.05) is 6.67 Å². The number of carboxylic acids is 1. The van der Waals surface area contributed by atoms with E-state index in [2.05, 4.69) is 0 Å². The Labute approximate surface area is 179 Å². The number of carboxylic acid groups (broad SMARTS) is 1. The van der Waals surface area contributed by atoms with Crippen molar-refractivity contribution in [1.29, 1.82) is 0 Å². The number of hydrogen-bond donors (Lipinski definition) is 3. The van der Waals surface area contributed by atoms with Crippen LogP contribution in [0.25, 0.3) is 0 Å². The van der Waals surface area contributed by atoms with E-state index in [1.54, 1.807) is 0 Å². The van der Waals surface area contributed by atoms with Crippen molar-refractivity contribution >= 4 is 17.6 Å². The van der Waals surface area contributed by atoms with E-state index < -0.39 is 18.2 Å². The van der Waals surface area contributed by atoms with Gasteiger partial charge in [0.2, 0.25) is 0 Å². The van der Waals surface area contributed by atoms with Crippen molar-refractivity contribution in [2.24, 2.45) is 17.3 Å². The van der Waals surface area contributed by atoms with Crippen LogP contribution in [0.15, 0.2) is 12.2 Å². The van der Waals surface area contributed by atoms with Gasteiger partial charge in [0.25, 0.3) is 0 Å². The maximum absolute atomic E-state index is 12.6. The third-order valence-corrected chi connectivity index (χ3v) is 7.63. The number of unbranched alkanes of at least 4 members (excludes halogenated alkanes) is 3. The molecule has 0 aromatic heterocycles. The molecule has 0 aromatic rings. The Balaban J connectivity index is 1.79. The van der Waals surface area contributed by atoms with Gasteiger partial charge >= 0.3 is 5.97 Å². The smallest absolute Gasteiger partial charge is 0.303 e. The maximum Gasteiger partial charge on any atom is 0.303 e. The first-order valence-electron chi connectivity index (χ1n) is 11.3. The van der Waals surface area contributed by atoms with Crippen LogP contribution < -0.4 is 0 Å². The summed E-state index contributed by atoms with van der Waals surface area (Å²) in [6.07, 6.45) is 13.3. The highest BCUT2D eigenvalue weighted by atomic mass is 35.5. The van der Waals surface area contributed by atoms with Crippen molar-refractivity contribution in [3.8, 4) is 0 Å². The van der Waals surface area contributed by atoms with Crippen molar-refractivity contribution in [2.45, 2.75) is 101 Å². The monoisotopic (exact) mass is 432 g/mol. The van der Waals surface area contributed by atoms with E-state index in [9.17, 15) is 19.4 Å². The zero-order chi connectivity index (χ0) is 21.3. The Morgan fingerprint density at radius 3 is 2.55 bits per heavy atom. The van der Waals surface area contributed by atoms with Crippen LogP contribution in [-0.2, 0) is 4.79 Å². The molecule has 1 unspecified atom stereocenters. The van der Waals surface area contributed by atoms with Gasteiger partial charge in [0.05, 0.1) is 18.9 Å². The summed E-state index contributed by atoms with van der Waals surface area (Å²) >= 11 is 6.50. The lowest BCUT2D eigenvalue weighted by Crippen LogP contribution is -2.41. The van der Waals surface area contributed by atoms with Crippen molar-refractivity contribution in [3.05, 3.63) is 12.2 Å². The molecule has 6 heteroatoms. The summed E-state index contributed by atoms with van der Waals surface area (Å²) in [4.78, 5) is 10.6. The molecule has 2 aliphatic rings. The highest BCUT2D eigenvalue weighted by molar-refractivity contribution is 6.21. The van der Waals surface area contributed by atoms with E-state index >= 15 is 0 Å². The number of aliphatic hydroxyl groups excluding tert-OH is 2. The third-order valence-electron chi connectivity index (χ3n) is 7.13. The van der Waals surface area contributed by atoms with Crippen molar-refractivity contribution in [1.82, 2.24) is 0 Å². The van der Waals surface area contributed by atoms with Crippen LogP contribution in [0.2, 0.25) is 0 Å². The Bertz CT molecular complexity index is 523.